The van der Waals surface area contributed by atoms with E-state index >= 15 is 0 Å². The fourth-order valence-electron chi connectivity index (χ4n) is 3.75. The predicted octanol–water partition coefficient (Wildman–Crippen LogP) is 2.04. The molecule has 1 N–H and O–H groups in total. The third-order valence-electron chi connectivity index (χ3n) is 5.18. The SMILES string of the molecule is CCC(C(=O)N1C[C@H]2CNC[C@H]2C1)n1nnc(-c2ccc(Cl)cc2)n1.Cl. The summed E-state index contributed by atoms with van der Waals surface area (Å²) in [6.45, 7) is 5.64. The van der Waals surface area contributed by atoms with Gasteiger partial charge in [0.2, 0.25) is 11.7 Å². The molecular formula is C17H22Cl2N6O. The highest BCUT2D eigenvalue weighted by atomic mass is 35.5. The maximum atomic E-state index is 13.0. The van der Waals surface area contributed by atoms with E-state index < -0.39 is 6.04 Å². The lowest BCUT2D eigenvalue weighted by Crippen LogP contribution is -2.38. The molecule has 0 spiro atoms. The minimum absolute atomic E-state index is 0. The highest BCUT2D eigenvalue weighted by molar-refractivity contribution is 6.30. The van der Waals surface area contributed by atoms with Crippen molar-refractivity contribution in [1.29, 1.82) is 0 Å². The van der Waals surface area contributed by atoms with Crippen molar-refractivity contribution in [2.45, 2.75) is 19.4 Å². The normalized spacial score (nSPS) is 22.8. The molecule has 1 aromatic carbocycles. The summed E-state index contributed by atoms with van der Waals surface area (Å²) in [6, 6.07) is 6.87. The number of amides is 1. The van der Waals surface area contributed by atoms with E-state index in [9.17, 15) is 4.79 Å². The minimum atomic E-state index is -0.402. The summed E-state index contributed by atoms with van der Waals surface area (Å²) in [5, 5.41) is 16.7. The van der Waals surface area contributed by atoms with Crippen LogP contribution in [0.1, 0.15) is 19.4 Å². The van der Waals surface area contributed by atoms with E-state index in [2.05, 4.69) is 20.7 Å². The van der Waals surface area contributed by atoms with Gasteiger partial charge in [-0.2, -0.15) is 4.80 Å². The molecule has 2 fully saturated rings. The molecule has 0 saturated carbocycles. The summed E-state index contributed by atoms with van der Waals surface area (Å²) in [5.41, 5.74) is 0.833. The minimum Gasteiger partial charge on any atom is -0.340 e. The number of nitrogens with zero attached hydrogens (tertiary/aromatic N) is 5. The summed E-state index contributed by atoms with van der Waals surface area (Å²) >= 11 is 5.92. The van der Waals surface area contributed by atoms with Crippen LogP contribution in [0.2, 0.25) is 5.02 Å². The zero-order chi connectivity index (χ0) is 17.4. The molecule has 3 atom stereocenters. The standard InChI is InChI=1S/C17H21ClN6O.ClH/c1-2-15(17(25)23-9-12-7-19-8-13(12)10-23)24-21-16(20-22-24)11-3-5-14(18)6-4-11;/h3-6,12-13,15,19H,2,7-10H2,1H3;1H/t12-,13+,15?;. The van der Waals surface area contributed by atoms with E-state index in [4.69, 9.17) is 11.6 Å². The van der Waals surface area contributed by atoms with Gasteiger partial charge in [0.05, 0.1) is 0 Å². The van der Waals surface area contributed by atoms with Crippen molar-refractivity contribution in [2.75, 3.05) is 26.2 Å². The Bertz CT molecular complexity index is 753. The number of rotatable bonds is 4. The second-order valence-electron chi connectivity index (χ2n) is 6.79. The molecule has 26 heavy (non-hydrogen) atoms. The maximum absolute atomic E-state index is 13.0. The molecule has 1 aromatic heterocycles. The number of hydrogen-bond donors (Lipinski definition) is 1. The fourth-order valence-corrected chi connectivity index (χ4v) is 3.88. The van der Waals surface area contributed by atoms with Crippen molar-refractivity contribution in [3.05, 3.63) is 29.3 Å². The summed E-state index contributed by atoms with van der Waals surface area (Å²) in [6.07, 6.45) is 0.638. The van der Waals surface area contributed by atoms with Gasteiger partial charge in [-0.25, -0.2) is 0 Å². The van der Waals surface area contributed by atoms with E-state index in [-0.39, 0.29) is 18.3 Å². The Labute approximate surface area is 163 Å². The molecule has 2 saturated heterocycles. The van der Waals surface area contributed by atoms with Crippen molar-refractivity contribution in [3.63, 3.8) is 0 Å². The molecule has 0 bridgehead atoms. The average Bonchev–Trinajstić information content (AvgIpc) is 3.31. The van der Waals surface area contributed by atoms with E-state index in [0.29, 0.717) is 29.1 Å². The molecule has 2 aliphatic rings. The monoisotopic (exact) mass is 396 g/mol. The number of nitrogens with one attached hydrogen (secondary N) is 1. The number of carbonyl (C=O) groups is 1. The van der Waals surface area contributed by atoms with Crippen molar-refractivity contribution >= 4 is 29.9 Å². The smallest absolute Gasteiger partial charge is 0.249 e. The lowest BCUT2D eigenvalue weighted by atomic mass is 10.0. The van der Waals surface area contributed by atoms with Gasteiger partial charge in [-0.3, -0.25) is 4.79 Å². The van der Waals surface area contributed by atoms with Crippen LogP contribution in [0.15, 0.2) is 24.3 Å². The number of fused-ring (bicyclic) bond motifs is 1. The molecule has 0 aliphatic carbocycles. The van der Waals surface area contributed by atoms with Gasteiger partial charge in [-0.15, -0.1) is 22.6 Å². The second kappa shape index (κ2) is 7.90. The van der Waals surface area contributed by atoms with Crippen LogP contribution in [0.5, 0.6) is 0 Å². The zero-order valence-electron chi connectivity index (χ0n) is 14.5. The van der Waals surface area contributed by atoms with E-state index in [1.807, 2.05) is 24.0 Å². The van der Waals surface area contributed by atoms with Crippen LogP contribution in [-0.2, 0) is 4.79 Å². The Morgan fingerprint density at radius 2 is 1.92 bits per heavy atom. The molecule has 4 rings (SSSR count). The van der Waals surface area contributed by atoms with Crippen molar-refractivity contribution in [3.8, 4) is 11.4 Å². The Kier molecular flexibility index (Phi) is 5.79. The van der Waals surface area contributed by atoms with Gasteiger partial charge in [0.15, 0.2) is 6.04 Å². The number of carbonyl (C=O) groups excluding carboxylic acids is 1. The van der Waals surface area contributed by atoms with Crippen molar-refractivity contribution in [1.82, 2.24) is 30.4 Å². The fraction of sp³-hybridized carbons (Fsp3) is 0.529. The van der Waals surface area contributed by atoms with Crippen LogP contribution in [0, 0.1) is 11.8 Å². The third-order valence-corrected chi connectivity index (χ3v) is 5.43. The van der Waals surface area contributed by atoms with Crippen molar-refractivity contribution in [2.24, 2.45) is 11.8 Å². The topological polar surface area (TPSA) is 75.9 Å². The zero-order valence-corrected chi connectivity index (χ0v) is 16.1. The van der Waals surface area contributed by atoms with Gasteiger partial charge in [0, 0.05) is 36.8 Å². The largest absolute Gasteiger partial charge is 0.340 e. The number of halogens is 2. The van der Waals surface area contributed by atoms with Gasteiger partial charge in [0.25, 0.3) is 0 Å². The molecule has 1 unspecified atom stereocenters. The predicted molar refractivity (Wildman–Crippen MR) is 101 cm³/mol. The summed E-state index contributed by atoms with van der Waals surface area (Å²) in [4.78, 5) is 16.4. The Morgan fingerprint density at radius 3 is 2.54 bits per heavy atom. The molecule has 1 amide bonds. The number of hydrogen-bond acceptors (Lipinski definition) is 5. The second-order valence-corrected chi connectivity index (χ2v) is 7.22. The van der Waals surface area contributed by atoms with Gasteiger partial charge < -0.3 is 10.2 Å². The summed E-state index contributed by atoms with van der Waals surface area (Å²) in [5.74, 6) is 1.76. The average molecular weight is 397 g/mol. The first-order valence-corrected chi connectivity index (χ1v) is 9.08. The van der Waals surface area contributed by atoms with Crippen LogP contribution in [0.3, 0.4) is 0 Å². The Morgan fingerprint density at radius 1 is 1.27 bits per heavy atom. The van der Waals surface area contributed by atoms with Gasteiger partial charge >= 0.3 is 0 Å². The van der Waals surface area contributed by atoms with E-state index in [0.717, 1.165) is 31.7 Å². The highest BCUT2D eigenvalue weighted by Gasteiger charge is 2.40. The molecule has 9 heteroatoms. The van der Waals surface area contributed by atoms with Crippen molar-refractivity contribution < 1.29 is 4.79 Å². The lowest BCUT2D eigenvalue weighted by molar-refractivity contribution is -0.134. The maximum Gasteiger partial charge on any atom is 0.249 e. The molecule has 2 aromatic rings. The quantitative estimate of drug-likeness (QED) is 0.855. The molecule has 7 nitrogen and oxygen atoms in total. The van der Waals surface area contributed by atoms with Crippen LogP contribution >= 0.6 is 24.0 Å². The van der Waals surface area contributed by atoms with E-state index in [1.165, 1.54) is 4.80 Å². The first kappa shape index (κ1) is 19.1. The number of likely N-dealkylation sites (tertiary alicyclic amines) is 1. The Hall–Kier alpha value is -1.70. The number of tetrazole rings is 1. The van der Waals surface area contributed by atoms with Crippen LogP contribution in [0.4, 0.5) is 0 Å². The summed E-state index contributed by atoms with van der Waals surface area (Å²) in [7, 11) is 0. The van der Waals surface area contributed by atoms with Gasteiger partial charge in [0.1, 0.15) is 0 Å². The summed E-state index contributed by atoms with van der Waals surface area (Å²) < 4.78 is 0. The molecular weight excluding hydrogens is 375 g/mol. The lowest BCUT2D eigenvalue weighted by Gasteiger charge is -2.22. The molecule has 3 heterocycles. The number of benzene rings is 1. The highest BCUT2D eigenvalue weighted by Crippen LogP contribution is 2.28. The van der Waals surface area contributed by atoms with Crippen LogP contribution in [-0.4, -0.2) is 57.2 Å². The first-order valence-electron chi connectivity index (χ1n) is 8.70. The molecule has 2 aliphatic heterocycles. The van der Waals surface area contributed by atoms with Gasteiger partial charge in [-0.05, 0) is 47.7 Å². The first-order chi connectivity index (χ1) is 12.2. The molecule has 140 valence electrons. The Balaban J connectivity index is 0.00000196. The number of aromatic nitrogens is 4. The van der Waals surface area contributed by atoms with Crippen LogP contribution < -0.4 is 5.32 Å². The third kappa shape index (κ3) is 3.56. The van der Waals surface area contributed by atoms with E-state index in [1.54, 1.807) is 12.1 Å². The van der Waals surface area contributed by atoms with Gasteiger partial charge in [-0.1, -0.05) is 18.5 Å². The molecule has 0 radical (unpaired) electrons. The van der Waals surface area contributed by atoms with Crippen LogP contribution in [0.25, 0.3) is 11.4 Å².